The number of benzene rings is 1. The van der Waals surface area contributed by atoms with Crippen molar-refractivity contribution in [1.82, 2.24) is 10.2 Å². The van der Waals surface area contributed by atoms with Gasteiger partial charge in [0.1, 0.15) is 0 Å². The van der Waals surface area contributed by atoms with Crippen molar-refractivity contribution in [2.24, 2.45) is 4.99 Å². The number of thioether (sulfide) groups is 1. The first kappa shape index (κ1) is 16.2. The summed E-state index contributed by atoms with van der Waals surface area (Å²) in [6, 6.07) is 10.7. The molecule has 1 aromatic rings. The quantitative estimate of drug-likeness (QED) is 0.515. The number of rotatable bonds is 5. The van der Waals surface area contributed by atoms with E-state index in [0.717, 1.165) is 43.7 Å². The Kier molecular flexibility index (Phi) is 6.93. The van der Waals surface area contributed by atoms with Gasteiger partial charge in [-0.25, -0.2) is 0 Å². The molecule has 1 aliphatic rings. The molecule has 116 valence electrons. The molecule has 0 aliphatic carbocycles. The maximum absolute atomic E-state index is 4.45. The summed E-state index contributed by atoms with van der Waals surface area (Å²) in [7, 11) is 1.89. The number of aryl methyl sites for hydroxylation is 1. The number of hydrogen-bond acceptors (Lipinski definition) is 2. The molecule has 0 spiro atoms. The van der Waals surface area contributed by atoms with Crippen molar-refractivity contribution in [2.75, 3.05) is 32.4 Å². The summed E-state index contributed by atoms with van der Waals surface area (Å²) in [5.74, 6) is 2.28. The molecule has 1 aromatic carbocycles. The van der Waals surface area contributed by atoms with Crippen LogP contribution in [-0.4, -0.2) is 48.5 Å². The minimum Gasteiger partial charge on any atom is -0.356 e. The van der Waals surface area contributed by atoms with Gasteiger partial charge in [-0.15, -0.1) is 0 Å². The molecule has 0 radical (unpaired) electrons. The average molecular weight is 305 g/mol. The van der Waals surface area contributed by atoms with E-state index in [2.05, 4.69) is 64.2 Å². The summed E-state index contributed by atoms with van der Waals surface area (Å²) in [5, 5.41) is 4.27. The zero-order chi connectivity index (χ0) is 14.9. The minimum absolute atomic E-state index is 0.751. The number of nitrogens with one attached hydrogen (secondary N) is 1. The molecule has 3 nitrogen and oxygen atoms in total. The molecule has 1 unspecified atom stereocenters. The number of nitrogens with zero attached hydrogens (tertiary/aromatic N) is 2. The van der Waals surface area contributed by atoms with E-state index in [4.69, 9.17) is 0 Å². The number of aliphatic imine (C=N–C) groups is 1. The summed E-state index contributed by atoms with van der Waals surface area (Å²) < 4.78 is 0. The summed E-state index contributed by atoms with van der Waals surface area (Å²) in [4.78, 5) is 6.86. The first-order valence-electron chi connectivity index (χ1n) is 7.94. The van der Waals surface area contributed by atoms with Crippen molar-refractivity contribution in [3.05, 3.63) is 35.9 Å². The largest absolute Gasteiger partial charge is 0.356 e. The fraction of sp³-hybridized carbons (Fsp3) is 0.588. The fourth-order valence-electron chi connectivity index (χ4n) is 2.63. The third kappa shape index (κ3) is 5.27. The van der Waals surface area contributed by atoms with Gasteiger partial charge in [0.15, 0.2) is 5.96 Å². The van der Waals surface area contributed by atoms with Gasteiger partial charge in [-0.05, 0) is 24.8 Å². The molecule has 0 bridgehead atoms. The van der Waals surface area contributed by atoms with Gasteiger partial charge in [-0.3, -0.25) is 4.99 Å². The van der Waals surface area contributed by atoms with Gasteiger partial charge in [-0.2, -0.15) is 11.8 Å². The van der Waals surface area contributed by atoms with Crippen LogP contribution in [-0.2, 0) is 6.42 Å². The topological polar surface area (TPSA) is 27.6 Å². The Hall–Kier alpha value is -1.16. The maximum atomic E-state index is 4.45. The minimum atomic E-state index is 0.751. The SMILES string of the molecule is CCC1CN(C(=NC)NCCCc2ccccc2)CCS1. The van der Waals surface area contributed by atoms with Crippen molar-refractivity contribution in [3.63, 3.8) is 0 Å². The van der Waals surface area contributed by atoms with E-state index in [1.807, 2.05) is 7.05 Å². The zero-order valence-electron chi connectivity index (χ0n) is 13.2. The summed E-state index contributed by atoms with van der Waals surface area (Å²) in [6.07, 6.45) is 3.51. The molecule has 21 heavy (non-hydrogen) atoms. The molecule has 1 atom stereocenters. The summed E-state index contributed by atoms with van der Waals surface area (Å²) >= 11 is 2.10. The van der Waals surface area contributed by atoms with Crippen molar-refractivity contribution in [3.8, 4) is 0 Å². The highest BCUT2D eigenvalue weighted by Gasteiger charge is 2.21. The van der Waals surface area contributed by atoms with Crippen molar-refractivity contribution >= 4 is 17.7 Å². The second-order valence-corrected chi connectivity index (χ2v) is 6.82. The summed E-state index contributed by atoms with van der Waals surface area (Å²) in [6.45, 7) is 5.50. The monoisotopic (exact) mass is 305 g/mol. The highest BCUT2D eigenvalue weighted by molar-refractivity contribution is 8.00. The molecule has 1 aliphatic heterocycles. The van der Waals surface area contributed by atoms with Crippen molar-refractivity contribution in [1.29, 1.82) is 0 Å². The molecule has 4 heteroatoms. The summed E-state index contributed by atoms with van der Waals surface area (Å²) in [5.41, 5.74) is 1.41. The van der Waals surface area contributed by atoms with Crippen LogP contribution in [0, 0.1) is 0 Å². The van der Waals surface area contributed by atoms with Gasteiger partial charge < -0.3 is 10.2 Å². The molecule has 1 saturated heterocycles. The van der Waals surface area contributed by atoms with Gasteiger partial charge in [0.05, 0.1) is 0 Å². The van der Waals surface area contributed by atoms with Crippen LogP contribution >= 0.6 is 11.8 Å². The number of hydrogen-bond donors (Lipinski definition) is 1. The van der Waals surface area contributed by atoms with Crippen LogP contribution in [0.1, 0.15) is 25.3 Å². The first-order valence-corrected chi connectivity index (χ1v) is 8.99. The number of guanidine groups is 1. The van der Waals surface area contributed by atoms with E-state index < -0.39 is 0 Å². The van der Waals surface area contributed by atoms with E-state index in [9.17, 15) is 0 Å². The molecular weight excluding hydrogens is 278 g/mol. The van der Waals surface area contributed by atoms with E-state index in [1.54, 1.807) is 0 Å². The van der Waals surface area contributed by atoms with Gasteiger partial charge in [0.2, 0.25) is 0 Å². The average Bonchev–Trinajstić information content (AvgIpc) is 2.56. The zero-order valence-corrected chi connectivity index (χ0v) is 14.0. The molecule has 0 saturated carbocycles. The lowest BCUT2D eigenvalue weighted by Crippen LogP contribution is -2.48. The highest BCUT2D eigenvalue weighted by atomic mass is 32.2. The lowest BCUT2D eigenvalue weighted by molar-refractivity contribution is 0.408. The maximum Gasteiger partial charge on any atom is 0.193 e. The molecule has 0 amide bonds. The molecule has 0 aromatic heterocycles. The Balaban J connectivity index is 1.73. The van der Waals surface area contributed by atoms with Crippen LogP contribution in [0.5, 0.6) is 0 Å². The molecule has 1 fully saturated rings. The second kappa shape index (κ2) is 8.98. The van der Waals surface area contributed by atoms with E-state index in [-0.39, 0.29) is 0 Å². The lowest BCUT2D eigenvalue weighted by Gasteiger charge is -2.34. The normalized spacial score (nSPS) is 19.6. The van der Waals surface area contributed by atoms with Crippen LogP contribution in [0.4, 0.5) is 0 Å². The Morgan fingerprint density at radius 2 is 2.19 bits per heavy atom. The van der Waals surface area contributed by atoms with Crippen molar-refractivity contribution < 1.29 is 0 Å². The molecule has 2 rings (SSSR count). The first-order chi connectivity index (χ1) is 10.3. The Morgan fingerprint density at radius 3 is 2.90 bits per heavy atom. The predicted octanol–water partition coefficient (Wildman–Crippen LogP) is 3.02. The highest BCUT2D eigenvalue weighted by Crippen LogP contribution is 2.20. The third-order valence-electron chi connectivity index (χ3n) is 3.87. The van der Waals surface area contributed by atoms with Gasteiger partial charge >= 0.3 is 0 Å². The van der Waals surface area contributed by atoms with E-state index in [0.29, 0.717) is 0 Å². The van der Waals surface area contributed by atoms with Crippen LogP contribution in [0.15, 0.2) is 35.3 Å². The van der Waals surface area contributed by atoms with Crippen LogP contribution in [0.25, 0.3) is 0 Å². The lowest BCUT2D eigenvalue weighted by atomic mass is 10.1. The van der Waals surface area contributed by atoms with E-state index >= 15 is 0 Å². The fourth-order valence-corrected chi connectivity index (χ4v) is 3.81. The second-order valence-electron chi connectivity index (χ2n) is 5.41. The molecule has 1 heterocycles. The molecular formula is C17H27N3S. The molecule has 1 N–H and O–H groups in total. The predicted molar refractivity (Wildman–Crippen MR) is 94.2 cm³/mol. The Bertz CT molecular complexity index is 433. The smallest absolute Gasteiger partial charge is 0.193 e. The Labute approximate surface area is 133 Å². The van der Waals surface area contributed by atoms with Gasteiger partial charge in [0.25, 0.3) is 0 Å². The van der Waals surface area contributed by atoms with Crippen LogP contribution in [0.3, 0.4) is 0 Å². The standard InChI is InChI=1S/C17H27N3S/c1-3-16-14-20(12-13-21-16)17(18-2)19-11-7-10-15-8-5-4-6-9-15/h4-6,8-9,16H,3,7,10-14H2,1-2H3,(H,18,19). The third-order valence-corrected chi connectivity index (χ3v) is 5.25. The Morgan fingerprint density at radius 1 is 1.38 bits per heavy atom. The van der Waals surface area contributed by atoms with Gasteiger partial charge in [0, 0.05) is 37.7 Å². The van der Waals surface area contributed by atoms with Gasteiger partial charge in [-0.1, -0.05) is 37.3 Å². The van der Waals surface area contributed by atoms with E-state index in [1.165, 1.54) is 17.7 Å². The van der Waals surface area contributed by atoms with Crippen LogP contribution < -0.4 is 5.32 Å². The van der Waals surface area contributed by atoms with Crippen LogP contribution in [0.2, 0.25) is 0 Å². The van der Waals surface area contributed by atoms with Crippen molar-refractivity contribution in [2.45, 2.75) is 31.4 Å².